The van der Waals surface area contributed by atoms with Crippen molar-refractivity contribution in [2.45, 2.75) is 44.1 Å². The fourth-order valence-corrected chi connectivity index (χ4v) is 3.45. The highest BCUT2D eigenvalue weighted by Gasteiger charge is 2.31. The number of aliphatic hydroxyl groups is 1. The Hall–Kier alpha value is -2.34. The highest BCUT2D eigenvalue weighted by molar-refractivity contribution is 6.07. The number of aromatic nitrogens is 1. The van der Waals surface area contributed by atoms with E-state index in [0.717, 1.165) is 30.2 Å². The summed E-state index contributed by atoms with van der Waals surface area (Å²) in [4.78, 5) is 24.4. The predicted molar refractivity (Wildman–Crippen MR) is 91.2 cm³/mol. The lowest BCUT2D eigenvalue weighted by molar-refractivity contribution is -0.128. The first-order chi connectivity index (χ1) is 11.5. The van der Waals surface area contributed by atoms with Crippen molar-refractivity contribution in [1.29, 1.82) is 0 Å². The Labute approximate surface area is 140 Å². The summed E-state index contributed by atoms with van der Waals surface area (Å²) in [5.41, 5.74) is 5.38. The average Bonchev–Trinajstić information content (AvgIpc) is 2.90. The van der Waals surface area contributed by atoms with Crippen molar-refractivity contribution in [3.05, 3.63) is 36.0 Å². The molecule has 3 N–H and O–H groups in total. The third kappa shape index (κ3) is 3.43. The summed E-state index contributed by atoms with van der Waals surface area (Å²) in [6.45, 7) is 0. The molecule has 0 atom stereocenters. The molecule has 6 nitrogen and oxygen atoms in total. The van der Waals surface area contributed by atoms with Gasteiger partial charge in [0.2, 0.25) is 5.91 Å². The molecule has 2 aromatic rings. The summed E-state index contributed by atoms with van der Waals surface area (Å²) in [6.07, 6.45) is 6.00. The second-order valence-corrected chi connectivity index (χ2v) is 6.63. The van der Waals surface area contributed by atoms with Crippen molar-refractivity contribution < 1.29 is 14.7 Å². The molecule has 1 aliphatic rings. The van der Waals surface area contributed by atoms with Gasteiger partial charge in [0.25, 0.3) is 5.91 Å². The summed E-state index contributed by atoms with van der Waals surface area (Å²) in [5.74, 6) is -0.733. The second-order valence-electron chi connectivity index (χ2n) is 6.63. The zero-order valence-electron chi connectivity index (χ0n) is 13.8. The van der Waals surface area contributed by atoms with E-state index in [1.165, 1.54) is 0 Å². The van der Waals surface area contributed by atoms with Gasteiger partial charge in [0.15, 0.2) is 0 Å². The molecule has 0 bridgehead atoms. The number of amides is 2. The van der Waals surface area contributed by atoms with Crippen molar-refractivity contribution in [3.63, 3.8) is 0 Å². The van der Waals surface area contributed by atoms with Gasteiger partial charge in [-0.1, -0.05) is 37.5 Å². The molecule has 0 radical (unpaired) electrons. The molecule has 1 saturated carbocycles. The topological polar surface area (TPSA) is 83.4 Å². The SMILES string of the molecule is Cn1cc(C(=O)NNC(=O)CC2(O)CCCCC2)c2ccccc21. The van der Waals surface area contributed by atoms with Gasteiger partial charge in [0, 0.05) is 24.1 Å². The van der Waals surface area contributed by atoms with Crippen LogP contribution in [-0.4, -0.2) is 27.1 Å². The van der Waals surface area contributed by atoms with Crippen LogP contribution in [0.4, 0.5) is 0 Å². The van der Waals surface area contributed by atoms with Crippen LogP contribution >= 0.6 is 0 Å². The van der Waals surface area contributed by atoms with Crippen molar-refractivity contribution in [2.75, 3.05) is 0 Å². The van der Waals surface area contributed by atoms with E-state index in [9.17, 15) is 14.7 Å². The van der Waals surface area contributed by atoms with E-state index < -0.39 is 5.60 Å². The van der Waals surface area contributed by atoms with Gasteiger partial charge in [-0.15, -0.1) is 0 Å². The molecule has 1 aromatic carbocycles. The number of nitrogens with zero attached hydrogens (tertiary/aromatic N) is 1. The Morgan fingerprint density at radius 3 is 2.62 bits per heavy atom. The van der Waals surface area contributed by atoms with Crippen LogP contribution in [0.5, 0.6) is 0 Å². The first kappa shape index (κ1) is 16.5. The Kier molecular flexibility index (Phi) is 4.57. The van der Waals surface area contributed by atoms with Crippen LogP contribution in [0.1, 0.15) is 48.9 Å². The zero-order valence-corrected chi connectivity index (χ0v) is 13.8. The lowest BCUT2D eigenvalue weighted by Gasteiger charge is -2.31. The maximum atomic E-state index is 12.3. The second kappa shape index (κ2) is 6.65. The summed E-state index contributed by atoms with van der Waals surface area (Å²) < 4.78 is 1.87. The highest BCUT2D eigenvalue weighted by atomic mass is 16.3. The molecule has 24 heavy (non-hydrogen) atoms. The van der Waals surface area contributed by atoms with E-state index in [4.69, 9.17) is 0 Å². The Balaban J connectivity index is 1.61. The van der Waals surface area contributed by atoms with Crippen molar-refractivity contribution >= 4 is 22.7 Å². The van der Waals surface area contributed by atoms with Gasteiger partial charge in [0.05, 0.1) is 17.6 Å². The minimum absolute atomic E-state index is 0.0167. The number of hydrogen-bond acceptors (Lipinski definition) is 3. The maximum absolute atomic E-state index is 12.3. The van der Waals surface area contributed by atoms with Crippen LogP contribution < -0.4 is 10.9 Å². The number of rotatable bonds is 3. The number of nitrogens with one attached hydrogen (secondary N) is 2. The third-order valence-electron chi connectivity index (χ3n) is 4.73. The monoisotopic (exact) mass is 329 g/mol. The van der Waals surface area contributed by atoms with Gasteiger partial charge in [-0.05, 0) is 18.9 Å². The van der Waals surface area contributed by atoms with Crippen LogP contribution in [0.2, 0.25) is 0 Å². The van der Waals surface area contributed by atoms with Gasteiger partial charge < -0.3 is 9.67 Å². The Bertz CT molecular complexity index is 760. The van der Waals surface area contributed by atoms with Crippen molar-refractivity contribution in [2.24, 2.45) is 7.05 Å². The van der Waals surface area contributed by atoms with Gasteiger partial charge in [-0.2, -0.15) is 0 Å². The fraction of sp³-hybridized carbons (Fsp3) is 0.444. The molecule has 0 unspecified atom stereocenters. The summed E-state index contributed by atoms with van der Waals surface area (Å²) >= 11 is 0. The number of carbonyl (C=O) groups excluding carboxylic acids is 2. The minimum atomic E-state index is -0.938. The van der Waals surface area contributed by atoms with Crippen LogP contribution in [0.15, 0.2) is 30.5 Å². The van der Waals surface area contributed by atoms with Crippen LogP contribution in [0.25, 0.3) is 10.9 Å². The van der Waals surface area contributed by atoms with Crippen LogP contribution in [0.3, 0.4) is 0 Å². The largest absolute Gasteiger partial charge is 0.389 e. The Morgan fingerprint density at radius 1 is 1.17 bits per heavy atom. The molecule has 2 amide bonds. The third-order valence-corrected chi connectivity index (χ3v) is 4.73. The number of hydrazine groups is 1. The fourth-order valence-electron chi connectivity index (χ4n) is 3.45. The molecule has 0 saturated heterocycles. The molecule has 1 fully saturated rings. The van der Waals surface area contributed by atoms with Crippen molar-refractivity contribution in [1.82, 2.24) is 15.4 Å². The van der Waals surface area contributed by atoms with Gasteiger partial charge in [0.1, 0.15) is 0 Å². The molecule has 0 aliphatic heterocycles. The maximum Gasteiger partial charge on any atom is 0.271 e. The van der Waals surface area contributed by atoms with Gasteiger partial charge in [-0.3, -0.25) is 20.4 Å². The molecule has 1 aromatic heterocycles. The summed E-state index contributed by atoms with van der Waals surface area (Å²) in [6, 6.07) is 7.59. The lowest BCUT2D eigenvalue weighted by atomic mass is 9.82. The molecular formula is C18H23N3O3. The smallest absolute Gasteiger partial charge is 0.271 e. The standard InChI is InChI=1S/C18H23N3O3/c1-21-12-14(13-7-3-4-8-15(13)21)17(23)20-19-16(22)11-18(24)9-5-2-6-10-18/h3-4,7-8,12,24H,2,5-6,9-11H2,1H3,(H,19,22)(H,20,23). The average molecular weight is 329 g/mol. The number of aryl methyl sites for hydroxylation is 1. The van der Waals surface area contributed by atoms with Gasteiger partial charge in [-0.25, -0.2) is 0 Å². The minimum Gasteiger partial charge on any atom is -0.389 e. The van der Waals surface area contributed by atoms with Crippen LogP contribution in [-0.2, 0) is 11.8 Å². The number of benzene rings is 1. The van der Waals surface area contributed by atoms with Gasteiger partial charge >= 0.3 is 0 Å². The molecule has 6 heteroatoms. The summed E-state index contributed by atoms with van der Waals surface area (Å²) in [7, 11) is 1.87. The number of hydrogen-bond donors (Lipinski definition) is 3. The molecule has 3 rings (SSSR count). The number of carbonyl (C=O) groups is 2. The molecular weight excluding hydrogens is 306 g/mol. The quantitative estimate of drug-likeness (QED) is 0.753. The highest BCUT2D eigenvalue weighted by Crippen LogP contribution is 2.30. The molecule has 1 aliphatic carbocycles. The van der Waals surface area contributed by atoms with E-state index in [2.05, 4.69) is 10.9 Å². The lowest BCUT2D eigenvalue weighted by Crippen LogP contribution is -2.45. The number of fused-ring (bicyclic) bond motifs is 1. The van der Waals surface area contributed by atoms with E-state index in [1.807, 2.05) is 35.9 Å². The molecule has 128 valence electrons. The molecule has 1 heterocycles. The van der Waals surface area contributed by atoms with E-state index in [1.54, 1.807) is 6.20 Å². The Morgan fingerprint density at radius 2 is 1.88 bits per heavy atom. The van der Waals surface area contributed by atoms with E-state index >= 15 is 0 Å². The zero-order chi connectivity index (χ0) is 17.2. The van der Waals surface area contributed by atoms with Crippen molar-refractivity contribution in [3.8, 4) is 0 Å². The summed E-state index contributed by atoms with van der Waals surface area (Å²) in [5, 5.41) is 11.2. The van der Waals surface area contributed by atoms with E-state index in [0.29, 0.717) is 18.4 Å². The van der Waals surface area contributed by atoms with E-state index in [-0.39, 0.29) is 18.2 Å². The normalized spacial score (nSPS) is 16.8. The number of para-hydroxylation sites is 1. The van der Waals surface area contributed by atoms with Crippen LogP contribution in [0, 0.1) is 0 Å². The first-order valence-corrected chi connectivity index (χ1v) is 8.34. The molecule has 0 spiro atoms. The predicted octanol–water partition coefficient (Wildman–Crippen LogP) is 2.02. The first-order valence-electron chi connectivity index (χ1n) is 8.34.